The van der Waals surface area contributed by atoms with E-state index in [4.69, 9.17) is 11.6 Å². The molecule has 3 aromatic carbocycles. The lowest BCUT2D eigenvalue weighted by Crippen LogP contribution is -2.47. The fraction of sp³-hybridized carbons (Fsp3) is 0.125. The minimum atomic E-state index is -0.499. The Morgan fingerprint density at radius 2 is 1.41 bits per heavy atom. The second kappa shape index (κ2) is 6.68. The van der Waals surface area contributed by atoms with Gasteiger partial charge in [-0.1, -0.05) is 66.2 Å². The normalized spacial score (nSPS) is 22.0. The van der Waals surface area contributed by atoms with Crippen LogP contribution in [0.1, 0.15) is 44.7 Å². The van der Waals surface area contributed by atoms with Gasteiger partial charge in [-0.2, -0.15) is 10.1 Å². The van der Waals surface area contributed by atoms with Crippen molar-refractivity contribution >= 4 is 29.1 Å². The van der Waals surface area contributed by atoms with Gasteiger partial charge < -0.3 is 0 Å². The summed E-state index contributed by atoms with van der Waals surface area (Å²) in [6.45, 7) is 0. The van der Waals surface area contributed by atoms with E-state index in [1.165, 1.54) is 0 Å². The van der Waals surface area contributed by atoms with Gasteiger partial charge in [-0.3, -0.25) is 9.59 Å². The van der Waals surface area contributed by atoms with Crippen LogP contribution in [0.2, 0.25) is 5.02 Å². The molecular weight excluding hydrogens is 384 g/mol. The molecule has 142 valence electrons. The third-order valence-corrected chi connectivity index (χ3v) is 6.04. The SMILES string of the molecule is O=C1c2ccccc2C(=O)N1/N=C1/CCC1(c1ccccc1)c1cccc(Cl)c1. The van der Waals surface area contributed by atoms with Gasteiger partial charge in [0.15, 0.2) is 0 Å². The van der Waals surface area contributed by atoms with Crippen LogP contribution in [-0.4, -0.2) is 22.5 Å². The smallest absolute Gasteiger partial charge is 0.267 e. The Labute approximate surface area is 173 Å². The molecule has 1 saturated carbocycles. The second-order valence-electron chi connectivity index (χ2n) is 7.30. The molecule has 0 bridgehead atoms. The molecule has 3 aromatic rings. The van der Waals surface area contributed by atoms with Gasteiger partial charge in [-0.05, 0) is 48.2 Å². The topological polar surface area (TPSA) is 49.7 Å². The van der Waals surface area contributed by atoms with Gasteiger partial charge in [0.2, 0.25) is 0 Å². The molecular formula is C24H17ClN2O2. The zero-order chi connectivity index (χ0) is 20.0. The Kier molecular flexibility index (Phi) is 4.10. The van der Waals surface area contributed by atoms with Crippen molar-refractivity contribution in [3.63, 3.8) is 0 Å². The highest BCUT2D eigenvalue weighted by molar-refractivity contribution is 6.30. The predicted octanol–water partition coefficient (Wildman–Crippen LogP) is 5.07. The van der Waals surface area contributed by atoms with E-state index < -0.39 is 5.41 Å². The van der Waals surface area contributed by atoms with E-state index in [0.717, 1.165) is 28.3 Å². The van der Waals surface area contributed by atoms with E-state index in [1.54, 1.807) is 24.3 Å². The van der Waals surface area contributed by atoms with Crippen molar-refractivity contribution in [2.75, 3.05) is 0 Å². The van der Waals surface area contributed by atoms with Gasteiger partial charge in [0.05, 0.1) is 22.3 Å². The van der Waals surface area contributed by atoms with Gasteiger partial charge in [0.25, 0.3) is 11.8 Å². The number of hydrazone groups is 1. The van der Waals surface area contributed by atoms with Crippen LogP contribution in [0.15, 0.2) is 84.0 Å². The van der Waals surface area contributed by atoms with E-state index >= 15 is 0 Å². The Morgan fingerprint density at radius 1 is 0.793 bits per heavy atom. The molecule has 0 aromatic heterocycles. The Hall–Kier alpha value is -3.24. The molecule has 1 fully saturated rings. The summed E-state index contributed by atoms with van der Waals surface area (Å²) in [5.41, 5.74) is 3.17. The lowest BCUT2D eigenvalue weighted by atomic mass is 9.59. The maximum Gasteiger partial charge on any atom is 0.282 e. The van der Waals surface area contributed by atoms with E-state index in [-0.39, 0.29) is 11.8 Å². The van der Waals surface area contributed by atoms with Crippen LogP contribution in [-0.2, 0) is 5.41 Å². The number of nitrogens with zero attached hydrogens (tertiary/aromatic N) is 2. The quantitative estimate of drug-likeness (QED) is 0.576. The van der Waals surface area contributed by atoms with E-state index in [2.05, 4.69) is 17.2 Å². The largest absolute Gasteiger partial charge is 0.282 e. The van der Waals surface area contributed by atoms with E-state index in [0.29, 0.717) is 22.6 Å². The summed E-state index contributed by atoms with van der Waals surface area (Å²) >= 11 is 6.29. The number of halogens is 1. The molecule has 1 aliphatic carbocycles. The van der Waals surface area contributed by atoms with Gasteiger partial charge in [0.1, 0.15) is 0 Å². The molecule has 2 amide bonds. The van der Waals surface area contributed by atoms with Crippen molar-refractivity contribution in [2.45, 2.75) is 18.3 Å². The summed E-state index contributed by atoms with van der Waals surface area (Å²) < 4.78 is 0. The van der Waals surface area contributed by atoms with Gasteiger partial charge >= 0.3 is 0 Å². The van der Waals surface area contributed by atoms with Crippen molar-refractivity contribution < 1.29 is 9.59 Å². The predicted molar refractivity (Wildman–Crippen MR) is 112 cm³/mol. The Bertz CT molecular complexity index is 1140. The highest BCUT2D eigenvalue weighted by atomic mass is 35.5. The number of benzene rings is 3. The molecule has 2 aliphatic rings. The molecule has 0 radical (unpaired) electrons. The zero-order valence-corrected chi connectivity index (χ0v) is 16.3. The maximum atomic E-state index is 12.8. The first kappa shape index (κ1) is 17.8. The third kappa shape index (κ3) is 2.64. The van der Waals surface area contributed by atoms with Crippen LogP contribution in [0.5, 0.6) is 0 Å². The summed E-state index contributed by atoms with van der Waals surface area (Å²) in [5, 5.41) is 6.26. The zero-order valence-electron chi connectivity index (χ0n) is 15.5. The summed E-state index contributed by atoms with van der Waals surface area (Å²) in [5.74, 6) is -0.754. The lowest BCUT2D eigenvalue weighted by Gasteiger charge is -2.44. The van der Waals surface area contributed by atoms with Crippen molar-refractivity contribution in [3.05, 3.63) is 106 Å². The fourth-order valence-electron chi connectivity index (χ4n) is 4.28. The monoisotopic (exact) mass is 400 g/mol. The number of imide groups is 1. The van der Waals surface area contributed by atoms with Crippen molar-refractivity contribution in [1.82, 2.24) is 5.01 Å². The molecule has 0 spiro atoms. The molecule has 5 rings (SSSR count). The van der Waals surface area contributed by atoms with Crippen LogP contribution in [0.3, 0.4) is 0 Å². The fourth-order valence-corrected chi connectivity index (χ4v) is 4.47. The van der Waals surface area contributed by atoms with E-state index in [9.17, 15) is 9.59 Å². The van der Waals surface area contributed by atoms with Crippen LogP contribution >= 0.6 is 11.6 Å². The highest BCUT2D eigenvalue weighted by Crippen LogP contribution is 2.48. The summed E-state index contributed by atoms with van der Waals surface area (Å²) in [6, 6.07) is 24.6. The third-order valence-electron chi connectivity index (χ3n) is 5.81. The number of carbonyl (C=O) groups is 2. The van der Waals surface area contributed by atoms with Crippen LogP contribution in [0.25, 0.3) is 0 Å². The Balaban J connectivity index is 1.64. The van der Waals surface area contributed by atoms with Crippen molar-refractivity contribution in [2.24, 2.45) is 5.10 Å². The Morgan fingerprint density at radius 3 is 2.00 bits per heavy atom. The number of rotatable bonds is 3. The minimum Gasteiger partial charge on any atom is -0.267 e. The van der Waals surface area contributed by atoms with Crippen LogP contribution in [0, 0.1) is 0 Å². The molecule has 1 atom stereocenters. The number of amides is 2. The van der Waals surface area contributed by atoms with Crippen molar-refractivity contribution in [1.29, 1.82) is 0 Å². The van der Waals surface area contributed by atoms with Crippen LogP contribution in [0.4, 0.5) is 0 Å². The molecule has 1 unspecified atom stereocenters. The maximum absolute atomic E-state index is 12.8. The molecule has 0 saturated heterocycles. The molecule has 1 heterocycles. The summed E-state index contributed by atoms with van der Waals surface area (Å²) in [6.07, 6.45) is 1.54. The van der Waals surface area contributed by atoms with E-state index in [1.807, 2.05) is 42.5 Å². The number of hydrogen-bond acceptors (Lipinski definition) is 3. The molecule has 0 N–H and O–H groups in total. The minimum absolute atomic E-state index is 0.377. The molecule has 1 aliphatic heterocycles. The number of carbonyl (C=O) groups excluding carboxylic acids is 2. The van der Waals surface area contributed by atoms with Gasteiger partial charge in [-0.25, -0.2) is 0 Å². The average molecular weight is 401 g/mol. The summed E-state index contributed by atoms with van der Waals surface area (Å²) in [4.78, 5) is 25.6. The highest BCUT2D eigenvalue weighted by Gasteiger charge is 2.48. The second-order valence-corrected chi connectivity index (χ2v) is 7.73. The van der Waals surface area contributed by atoms with Crippen LogP contribution < -0.4 is 0 Å². The molecule has 5 heteroatoms. The summed E-state index contributed by atoms with van der Waals surface area (Å²) in [7, 11) is 0. The first-order valence-corrected chi connectivity index (χ1v) is 9.86. The molecule has 29 heavy (non-hydrogen) atoms. The molecule has 4 nitrogen and oxygen atoms in total. The standard InChI is InChI=1S/C24H17ClN2O2/c25-18-10-6-9-17(15-18)24(16-7-2-1-3-8-16)14-13-21(24)26-27-22(28)19-11-4-5-12-20(19)23(27)29/h1-12,15H,13-14H2/b26-21-. The van der Waals surface area contributed by atoms with Gasteiger partial charge in [0, 0.05) is 5.02 Å². The number of fused-ring (bicyclic) bond motifs is 1. The first-order valence-electron chi connectivity index (χ1n) is 9.48. The lowest BCUT2D eigenvalue weighted by molar-refractivity contribution is 0.0656. The number of hydrogen-bond donors (Lipinski definition) is 0. The average Bonchev–Trinajstić information content (AvgIpc) is 2.97. The van der Waals surface area contributed by atoms with Gasteiger partial charge in [-0.15, -0.1) is 0 Å². The first-order chi connectivity index (χ1) is 14.1. The van der Waals surface area contributed by atoms with Crippen molar-refractivity contribution in [3.8, 4) is 0 Å².